The first-order valence-corrected chi connectivity index (χ1v) is 29.5. The topological polar surface area (TPSA) is 35.9 Å². The minimum absolute atomic E-state index is 0. The number of hydrogen-bond acceptors (Lipinski definition) is 2. The van der Waals surface area contributed by atoms with Crippen molar-refractivity contribution in [2.45, 2.75) is 172 Å². The molecule has 0 bridgehead atoms. The van der Waals surface area contributed by atoms with Crippen LogP contribution in [0.3, 0.4) is 0 Å². The van der Waals surface area contributed by atoms with Crippen LogP contribution in [0.5, 0.6) is 11.5 Å². The molecule has 0 unspecified atom stereocenters. The fraction of sp³-hybridized carbons (Fsp3) is 0.360. The van der Waals surface area contributed by atoms with E-state index in [2.05, 4.69) is 39.2 Å². The van der Waals surface area contributed by atoms with Crippen LogP contribution in [-0.4, -0.2) is 22.2 Å². The zero-order valence-corrected chi connectivity index (χ0v) is 48.1. The SMILES string of the molecule is [2H]c1c([2H])c2c(c([2H])c1-c1cccc(-c3c([2H])c([2H])c4c(c3[2H])C(C([2H])([2H])[2H])(C([2H])([2H])[2H])C([2H])([2H])C([2H])([2H])C4(C([2H])([2H])[2H])C([2H])([2H])[2H])c1-[n+]1[c-]n(-c3[c-]c(Oc4[c-]c5c(cc4)c4ccccc4n5-c4cc(C(C)(C)C)ccn4)ccc3)c3cc4c(cc31)[Si]1(CCCC1)CCC4)C(C([2H])([2H])[2H])(C([2H])([2H])[2H])C([2H])([2H])C([2H])([2H])C2(C([2H])([2H])[2H])C([2H])([2H])[2H].[Pt]. The van der Waals surface area contributed by atoms with Gasteiger partial charge >= 0.3 is 0 Å². The van der Waals surface area contributed by atoms with Gasteiger partial charge < -0.3 is 13.9 Å². The summed E-state index contributed by atoms with van der Waals surface area (Å²) in [7, 11) is -2.63. The third-order valence-electron chi connectivity index (χ3n) is 16.5. The third kappa shape index (κ3) is 9.02. The van der Waals surface area contributed by atoms with Gasteiger partial charge in [-0.15, -0.1) is 29.7 Å². The number of aromatic nitrogens is 4. The van der Waals surface area contributed by atoms with E-state index in [9.17, 15) is 35.6 Å². The van der Waals surface area contributed by atoms with Crippen LogP contribution in [0.25, 0.3) is 72.3 Å². The summed E-state index contributed by atoms with van der Waals surface area (Å²) in [5.74, 6) is 0.743. The molecule has 0 amide bonds. The van der Waals surface area contributed by atoms with E-state index in [1.165, 1.54) is 4.57 Å². The van der Waals surface area contributed by atoms with E-state index in [1.54, 1.807) is 36.5 Å². The fourth-order valence-corrected chi connectivity index (χ4v) is 18.1. The Hall–Kier alpha value is -6.33. The van der Waals surface area contributed by atoms with E-state index in [0.717, 1.165) is 92.8 Å². The van der Waals surface area contributed by atoms with Crippen molar-refractivity contribution in [1.29, 1.82) is 0 Å². The fourth-order valence-electron chi connectivity index (χ4n) is 12.5. The summed E-state index contributed by atoms with van der Waals surface area (Å²) in [5.41, 5.74) is -28.3. The van der Waals surface area contributed by atoms with Gasteiger partial charge in [-0.1, -0.05) is 208 Å². The molecule has 3 aromatic heterocycles. The van der Waals surface area contributed by atoms with Gasteiger partial charge in [0.05, 0.1) is 33.0 Å². The maximum Gasteiger partial charge on any atom is 0.268 e. The van der Waals surface area contributed by atoms with Crippen LogP contribution in [0.2, 0.25) is 18.1 Å². The second-order valence-electron chi connectivity index (χ2n) is 22.9. The number of ether oxygens (including phenoxy) is 1. The summed E-state index contributed by atoms with van der Waals surface area (Å²) in [6.07, 6.45) is -11.5. The molecule has 14 rings (SSSR count). The average Bonchev–Trinajstić information content (AvgIpc) is 0.684. The minimum atomic E-state index is -4.85. The van der Waals surface area contributed by atoms with E-state index in [4.69, 9.17) is 26.2 Å². The number of para-hydroxylation sites is 2. The second kappa shape index (κ2) is 19.6. The zero-order valence-electron chi connectivity index (χ0n) is 82.8. The summed E-state index contributed by atoms with van der Waals surface area (Å²) in [4.78, 5) is 4.79. The van der Waals surface area contributed by atoms with Gasteiger partial charge in [0.1, 0.15) is 5.82 Å². The molecule has 1 spiro atoms. The molecule has 0 N–H and O–H groups in total. The Labute approximate surface area is 555 Å². The number of imidazole rings is 1. The molecule has 5 heterocycles. The van der Waals surface area contributed by atoms with Crippen LogP contribution >= 0.6 is 0 Å². The molecule has 0 radical (unpaired) electrons. The minimum Gasteiger partial charge on any atom is -0.510 e. The van der Waals surface area contributed by atoms with Crippen LogP contribution < -0.4 is 14.5 Å². The van der Waals surface area contributed by atoms with Crippen LogP contribution in [0.1, 0.15) is 206 Å². The number of rotatable bonds is 7. The summed E-state index contributed by atoms with van der Waals surface area (Å²) in [6.45, 7) is -30.2. The zero-order chi connectivity index (χ0) is 88.4. The van der Waals surface area contributed by atoms with E-state index in [-0.39, 0.29) is 54.7 Å². The molecule has 10 aromatic rings. The summed E-state index contributed by atoms with van der Waals surface area (Å²) in [5, 5.41) is 2.49. The first kappa shape index (κ1) is 26.7. The van der Waals surface area contributed by atoms with E-state index in [1.807, 2.05) is 53.1 Å². The largest absolute Gasteiger partial charge is 0.510 e. The molecule has 1 saturated heterocycles. The molecule has 82 heavy (non-hydrogen) atoms. The predicted molar refractivity (Wildman–Crippen MR) is 337 cm³/mol. The third-order valence-corrected chi connectivity index (χ3v) is 22.1. The predicted octanol–water partition coefficient (Wildman–Crippen LogP) is 18.3. The second-order valence-corrected chi connectivity index (χ2v) is 27.5. The van der Waals surface area contributed by atoms with E-state index >= 15 is 0 Å². The van der Waals surface area contributed by atoms with Crippen molar-refractivity contribution in [1.82, 2.24) is 14.1 Å². The quantitative estimate of drug-likeness (QED) is 0.0906. The van der Waals surface area contributed by atoms with Crippen molar-refractivity contribution in [3.05, 3.63) is 191 Å². The maximum absolute atomic E-state index is 10.6. The molecular formula is C75H78N4OPtSi-2. The molecule has 2 aliphatic carbocycles. The van der Waals surface area contributed by atoms with Crippen molar-refractivity contribution in [2.75, 3.05) is 0 Å². The first-order chi connectivity index (χ1) is 54.3. The van der Waals surface area contributed by atoms with Crippen LogP contribution in [0, 0.1) is 18.5 Å². The number of benzene rings is 7. The maximum atomic E-state index is 10.6. The molecule has 7 heteroatoms. The summed E-state index contributed by atoms with van der Waals surface area (Å²) < 4.78 is 369. The Kier molecular flexibility index (Phi) is 6.39. The molecule has 0 atom stereocenters. The van der Waals surface area contributed by atoms with Crippen molar-refractivity contribution in [2.24, 2.45) is 0 Å². The van der Waals surface area contributed by atoms with Crippen LogP contribution in [0.15, 0.2) is 140 Å². The van der Waals surface area contributed by atoms with Gasteiger partial charge in [-0.25, -0.2) is 4.98 Å². The van der Waals surface area contributed by atoms with Crippen molar-refractivity contribution in [3.8, 4) is 50.9 Å². The summed E-state index contributed by atoms with van der Waals surface area (Å²) in [6, 6.07) is 24.9. The molecule has 1 fully saturated rings. The molecule has 4 aliphatic rings. The first-order valence-electron chi connectivity index (χ1n) is 45.9. The van der Waals surface area contributed by atoms with Gasteiger partial charge in [0.25, 0.3) is 6.33 Å². The Morgan fingerprint density at radius 2 is 1.27 bits per heavy atom. The van der Waals surface area contributed by atoms with Gasteiger partial charge in [-0.05, 0) is 144 Å². The normalized spacial score (nSPS) is 28.8. The monoisotopic (exact) mass is 1310 g/mol. The van der Waals surface area contributed by atoms with E-state index in [0.29, 0.717) is 17.8 Å². The van der Waals surface area contributed by atoms with E-state index < -0.39 is 196 Å². The van der Waals surface area contributed by atoms with Crippen molar-refractivity contribution >= 4 is 46.1 Å². The van der Waals surface area contributed by atoms with Crippen LogP contribution in [0.4, 0.5) is 0 Å². The van der Waals surface area contributed by atoms with Gasteiger partial charge in [-0.3, -0.25) is 4.57 Å². The Morgan fingerprint density at radius 3 is 1.93 bits per heavy atom. The molecule has 5 nitrogen and oxygen atoms in total. The van der Waals surface area contributed by atoms with Crippen molar-refractivity contribution < 1.29 is 82.5 Å². The van der Waals surface area contributed by atoms with Gasteiger partial charge in [-0.2, -0.15) is 18.2 Å². The molecule has 7 aromatic carbocycles. The average molecular weight is 1310 g/mol. The standard InChI is InChI=1S/C75H78N4OSi.Pt/c1-71(2,3)52-32-37-76-69(44-52)79-64-25-13-12-22-58(64)59-29-28-55(46-65(59)79)80-54-21-16-20-53(45-54)77-48-78(67-47-68-51(43-66(67)77)19-18-40-81(68)38-14-15-39-81)70-56(49-26-30-60-62(41-49)74(8,9)35-33-72(60,4)5)23-17-24-57(70)50-27-31-61-63(42-50)75(10,11)36-34-73(61,6)7;/h12-13,16-17,20-32,37,41-44,47H,14-15,18-19,33-36,38-40H2,1-11H3;/q-2;/i4D3,5D3,6D3,7D3,8D3,9D3,10D3,11D3,26D,27D,30D,31D,33D2,34D2,35D2,36D2,41D,42D;. The summed E-state index contributed by atoms with van der Waals surface area (Å²) >= 11 is 0. The van der Waals surface area contributed by atoms with Crippen molar-refractivity contribution in [3.63, 3.8) is 0 Å². The molecule has 0 saturated carbocycles. The molecule has 420 valence electrons. The Morgan fingerprint density at radius 1 is 0.646 bits per heavy atom. The number of fused-ring (bicyclic) bond motifs is 8. The van der Waals surface area contributed by atoms with Gasteiger partial charge in [0.15, 0.2) is 0 Å². The number of nitrogens with zero attached hydrogens (tertiary/aromatic N) is 4. The Bertz CT molecular complexity index is 5640. The molecule has 2 aliphatic heterocycles. The van der Waals surface area contributed by atoms with Gasteiger partial charge in [0, 0.05) is 88.1 Å². The van der Waals surface area contributed by atoms with Gasteiger partial charge in [0.2, 0.25) is 0 Å². The number of hydrogen-bond donors (Lipinski definition) is 0. The smallest absolute Gasteiger partial charge is 0.268 e. The molecular weight excluding hydrogens is 1200 g/mol. The Balaban J connectivity index is 0.0000124. The van der Waals surface area contributed by atoms with Crippen LogP contribution in [-0.2, 0) is 54.6 Å². The number of aryl methyl sites for hydroxylation is 1. The number of pyridine rings is 1.